The van der Waals surface area contributed by atoms with Crippen molar-refractivity contribution in [2.45, 2.75) is 6.54 Å². The van der Waals surface area contributed by atoms with E-state index in [-0.39, 0.29) is 0 Å². The SMILES string of the molecule is COc1cnc(OC)c(OC)c1CN. The topological polar surface area (TPSA) is 66.6 Å². The van der Waals surface area contributed by atoms with Crippen molar-refractivity contribution < 1.29 is 14.2 Å². The van der Waals surface area contributed by atoms with Gasteiger partial charge < -0.3 is 19.9 Å². The third-order valence-corrected chi connectivity index (χ3v) is 1.89. The van der Waals surface area contributed by atoms with Crippen LogP contribution in [-0.4, -0.2) is 26.3 Å². The molecular weight excluding hydrogens is 184 g/mol. The molecule has 0 unspecified atom stereocenters. The van der Waals surface area contributed by atoms with Crippen LogP contribution in [0.1, 0.15) is 5.56 Å². The predicted octanol–water partition coefficient (Wildman–Crippen LogP) is 0.566. The van der Waals surface area contributed by atoms with E-state index in [4.69, 9.17) is 19.9 Å². The summed E-state index contributed by atoms with van der Waals surface area (Å²) in [7, 11) is 4.62. The molecular formula is C9H14N2O3. The van der Waals surface area contributed by atoms with Crippen molar-refractivity contribution in [2.24, 2.45) is 5.73 Å². The van der Waals surface area contributed by atoms with Crippen molar-refractivity contribution in [3.63, 3.8) is 0 Å². The van der Waals surface area contributed by atoms with E-state index in [1.54, 1.807) is 13.3 Å². The molecule has 0 aliphatic rings. The third-order valence-electron chi connectivity index (χ3n) is 1.89. The molecule has 0 saturated heterocycles. The number of nitrogens with two attached hydrogens (primary N) is 1. The summed E-state index contributed by atoms with van der Waals surface area (Å²) < 4.78 is 15.3. The smallest absolute Gasteiger partial charge is 0.257 e. The summed E-state index contributed by atoms with van der Waals surface area (Å²) in [5.41, 5.74) is 6.33. The fourth-order valence-electron chi connectivity index (χ4n) is 1.22. The fraction of sp³-hybridized carbons (Fsp3) is 0.444. The average Bonchev–Trinajstić information content (AvgIpc) is 2.26. The molecule has 0 aliphatic heterocycles. The first-order valence-electron chi connectivity index (χ1n) is 4.12. The molecule has 0 aromatic carbocycles. The van der Waals surface area contributed by atoms with E-state index >= 15 is 0 Å². The molecule has 5 heteroatoms. The van der Waals surface area contributed by atoms with Crippen LogP contribution in [0.15, 0.2) is 6.20 Å². The van der Waals surface area contributed by atoms with Crippen LogP contribution < -0.4 is 19.9 Å². The second-order valence-electron chi connectivity index (χ2n) is 2.55. The Hall–Kier alpha value is -1.49. The minimum Gasteiger partial charge on any atom is -0.495 e. The minimum absolute atomic E-state index is 0.311. The molecule has 2 N–H and O–H groups in total. The molecule has 1 aromatic heterocycles. The first-order valence-corrected chi connectivity index (χ1v) is 4.12. The van der Waals surface area contributed by atoms with Gasteiger partial charge in [0.05, 0.1) is 33.1 Å². The lowest BCUT2D eigenvalue weighted by Crippen LogP contribution is -2.05. The van der Waals surface area contributed by atoms with E-state index in [9.17, 15) is 0 Å². The molecule has 0 saturated carbocycles. The minimum atomic E-state index is 0.311. The van der Waals surface area contributed by atoms with E-state index in [2.05, 4.69) is 4.98 Å². The highest BCUT2D eigenvalue weighted by molar-refractivity contribution is 5.49. The van der Waals surface area contributed by atoms with Gasteiger partial charge in [0.1, 0.15) is 5.75 Å². The third kappa shape index (κ3) is 1.72. The summed E-state index contributed by atoms with van der Waals surface area (Å²) in [6, 6.07) is 0. The maximum atomic E-state index is 5.58. The van der Waals surface area contributed by atoms with E-state index in [1.165, 1.54) is 14.2 Å². The zero-order chi connectivity index (χ0) is 10.6. The molecule has 1 aromatic rings. The van der Waals surface area contributed by atoms with Crippen LogP contribution in [0, 0.1) is 0 Å². The summed E-state index contributed by atoms with van der Waals surface area (Å²) in [6.07, 6.45) is 1.56. The van der Waals surface area contributed by atoms with Crippen molar-refractivity contribution >= 4 is 0 Å². The standard InChI is InChI=1S/C9H14N2O3/c1-12-7-5-11-9(14-3)8(13-2)6(7)4-10/h5H,4,10H2,1-3H3. The van der Waals surface area contributed by atoms with Gasteiger partial charge in [-0.1, -0.05) is 0 Å². The van der Waals surface area contributed by atoms with E-state index in [0.717, 1.165) is 5.56 Å². The Morgan fingerprint density at radius 3 is 2.36 bits per heavy atom. The normalized spacial score (nSPS) is 9.71. The summed E-state index contributed by atoms with van der Waals surface area (Å²) in [4.78, 5) is 4.02. The van der Waals surface area contributed by atoms with Crippen LogP contribution in [0.2, 0.25) is 0 Å². The molecule has 0 amide bonds. The number of methoxy groups -OCH3 is 3. The van der Waals surface area contributed by atoms with E-state index < -0.39 is 0 Å². The van der Waals surface area contributed by atoms with Crippen LogP contribution in [-0.2, 0) is 6.54 Å². The van der Waals surface area contributed by atoms with Gasteiger partial charge in [0.2, 0.25) is 0 Å². The van der Waals surface area contributed by atoms with Crippen molar-refractivity contribution in [1.29, 1.82) is 0 Å². The Morgan fingerprint density at radius 2 is 1.93 bits per heavy atom. The Kier molecular flexibility index (Phi) is 3.53. The summed E-state index contributed by atoms with van der Waals surface area (Å²) in [5, 5.41) is 0. The molecule has 0 spiro atoms. The van der Waals surface area contributed by atoms with Gasteiger partial charge in [-0.25, -0.2) is 4.98 Å². The first-order chi connectivity index (χ1) is 6.78. The number of pyridine rings is 1. The first kappa shape index (κ1) is 10.6. The van der Waals surface area contributed by atoms with Gasteiger partial charge in [-0.2, -0.15) is 0 Å². The van der Waals surface area contributed by atoms with Crippen LogP contribution in [0.5, 0.6) is 17.4 Å². The number of hydrogen-bond donors (Lipinski definition) is 1. The van der Waals surface area contributed by atoms with Crippen LogP contribution >= 0.6 is 0 Å². The van der Waals surface area contributed by atoms with Crippen LogP contribution in [0.25, 0.3) is 0 Å². The zero-order valence-corrected chi connectivity index (χ0v) is 8.53. The predicted molar refractivity (Wildman–Crippen MR) is 51.8 cm³/mol. The Balaban J connectivity index is 3.28. The lowest BCUT2D eigenvalue weighted by Gasteiger charge is -2.13. The highest BCUT2D eigenvalue weighted by atomic mass is 16.5. The largest absolute Gasteiger partial charge is 0.495 e. The molecule has 78 valence electrons. The molecule has 0 fully saturated rings. The Labute approximate surface area is 82.8 Å². The monoisotopic (exact) mass is 198 g/mol. The van der Waals surface area contributed by atoms with Crippen molar-refractivity contribution in [3.05, 3.63) is 11.8 Å². The lowest BCUT2D eigenvalue weighted by atomic mass is 10.2. The highest BCUT2D eigenvalue weighted by Crippen LogP contribution is 2.34. The highest BCUT2D eigenvalue weighted by Gasteiger charge is 2.15. The molecule has 14 heavy (non-hydrogen) atoms. The maximum Gasteiger partial charge on any atom is 0.257 e. The second kappa shape index (κ2) is 4.66. The quantitative estimate of drug-likeness (QED) is 0.766. The van der Waals surface area contributed by atoms with Crippen LogP contribution in [0.3, 0.4) is 0 Å². The van der Waals surface area contributed by atoms with Crippen LogP contribution in [0.4, 0.5) is 0 Å². The van der Waals surface area contributed by atoms with Crippen molar-refractivity contribution in [2.75, 3.05) is 21.3 Å². The number of hydrogen-bond acceptors (Lipinski definition) is 5. The molecule has 1 rings (SSSR count). The number of ether oxygens (including phenoxy) is 3. The number of rotatable bonds is 4. The number of nitrogens with zero attached hydrogens (tertiary/aromatic N) is 1. The van der Waals surface area contributed by atoms with Crippen molar-refractivity contribution in [3.8, 4) is 17.4 Å². The molecule has 0 aliphatic carbocycles. The molecule has 0 atom stereocenters. The van der Waals surface area contributed by atoms with Gasteiger partial charge >= 0.3 is 0 Å². The molecule has 0 radical (unpaired) electrons. The number of aromatic nitrogens is 1. The van der Waals surface area contributed by atoms with Gasteiger partial charge in [0, 0.05) is 6.54 Å². The Bertz CT molecular complexity index is 284. The molecule has 1 heterocycles. The fourth-order valence-corrected chi connectivity index (χ4v) is 1.22. The van der Waals surface area contributed by atoms with E-state index in [1.807, 2.05) is 0 Å². The summed E-state index contributed by atoms with van der Waals surface area (Å²) in [6.45, 7) is 0.311. The summed E-state index contributed by atoms with van der Waals surface area (Å²) >= 11 is 0. The molecule has 5 nitrogen and oxygen atoms in total. The van der Waals surface area contributed by atoms with Gasteiger partial charge in [0.15, 0.2) is 5.75 Å². The maximum absolute atomic E-state index is 5.58. The van der Waals surface area contributed by atoms with Gasteiger partial charge in [-0.05, 0) is 0 Å². The van der Waals surface area contributed by atoms with Gasteiger partial charge in [-0.15, -0.1) is 0 Å². The average molecular weight is 198 g/mol. The van der Waals surface area contributed by atoms with Crippen molar-refractivity contribution in [1.82, 2.24) is 4.98 Å². The molecule has 0 bridgehead atoms. The zero-order valence-electron chi connectivity index (χ0n) is 8.53. The van der Waals surface area contributed by atoms with E-state index in [0.29, 0.717) is 23.9 Å². The summed E-state index contributed by atoms with van der Waals surface area (Å²) in [5.74, 6) is 1.54. The van der Waals surface area contributed by atoms with Gasteiger partial charge in [0.25, 0.3) is 5.88 Å². The second-order valence-corrected chi connectivity index (χ2v) is 2.55. The lowest BCUT2D eigenvalue weighted by molar-refractivity contribution is 0.331. The van der Waals surface area contributed by atoms with Gasteiger partial charge in [-0.3, -0.25) is 0 Å². The Morgan fingerprint density at radius 1 is 1.21 bits per heavy atom.